The highest BCUT2D eigenvalue weighted by molar-refractivity contribution is 6.30. The number of pyridine rings is 1. The van der Waals surface area contributed by atoms with Crippen molar-refractivity contribution in [3.8, 4) is 5.75 Å². The van der Waals surface area contributed by atoms with Crippen molar-refractivity contribution < 1.29 is 32.2 Å². The zero-order valence-corrected chi connectivity index (χ0v) is 21.7. The van der Waals surface area contributed by atoms with Gasteiger partial charge in [0.25, 0.3) is 0 Å². The molecule has 2 saturated heterocycles. The molecule has 2 N–H and O–H groups in total. The molecule has 0 bridgehead atoms. The first-order valence-electron chi connectivity index (χ1n) is 11.9. The van der Waals surface area contributed by atoms with Crippen LogP contribution in [0.15, 0.2) is 24.4 Å². The molecular formula is C25H30ClF3N4O4. The Bertz CT molecular complexity index is 1140. The predicted octanol–water partition coefficient (Wildman–Crippen LogP) is 5.09. The van der Waals surface area contributed by atoms with Crippen molar-refractivity contribution in [2.24, 2.45) is 0 Å². The van der Waals surface area contributed by atoms with Crippen LogP contribution in [0, 0.1) is 0 Å². The SMILES string of the molecule is CC(C)(C)OC(=O)N1CC(c2cc(N)c(OCc3c(N4CCOCC4)ccnc3Cl)c(C(F)(F)F)c2)C1. The molecule has 2 aliphatic heterocycles. The lowest BCUT2D eigenvalue weighted by atomic mass is 9.89. The number of nitrogens with two attached hydrogens (primary N) is 1. The van der Waals surface area contributed by atoms with Crippen LogP contribution in [0.5, 0.6) is 5.75 Å². The summed E-state index contributed by atoms with van der Waals surface area (Å²) >= 11 is 6.31. The summed E-state index contributed by atoms with van der Waals surface area (Å²) in [6, 6.07) is 4.26. The molecule has 4 rings (SSSR count). The third-order valence-corrected chi connectivity index (χ3v) is 6.47. The number of hydrogen-bond acceptors (Lipinski definition) is 7. The number of carbonyl (C=O) groups is 1. The van der Waals surface area contributed by atoms with Crippen molar-refractivity contribution in [3.63, 3.8) is 0 Å². The molecule has 3 heterocycles. The number of aromatic nitrogens is 1. The van der Waals surface area contributed by atoms with E-state index in [1.165, 1.54) is 11.0 Å². The fourth-order valence-electron chi connectivity index (χ4n) is 4.28. The molecule has 0 aliphatic carbocycles. The van der Waals surface area contributed by atoms with Gasteiger partial charge in [-0.15, -0.1) is 0 Å². The molecule has 8 nitrogen and oxygen atoms in total. The summed E-state index contributed by atoms with van der Waals surface area (Å²) in [6.45, 7) is 7.75. The number of rotatable bonds is 5. The van der Waals surface area contributed by atoms with Gasteiger partial charge >= 0.3 is 12.3 Å². The van der Waals surface area contributed by atoms with E-state index in [1.54, 1.807) is 33.0 Å². The van der Waals surface area contributed by atoms with Crippen molar-refractivity contribution in [1.82, 2.24) is 9.88 Å². The minimum Gasteiger partial charge on any atom is -0.486 e. The number of nitrogens with zero attached hydrogens (tertiary/aromatic N) is 3. The predicted molar refractivity (Wildman–Crippen MR) is 133 cm³/mol. The monoisotopic (exact) mass is 542 g/mol. The molecule has 202 valence electrons. The average Bonchev–Trinajstić information content (AvgIpc) is 2.76. The van der Waals surface area contributed by atoms with Gasteiger partial charge in [-0.25, -0.2) is 9.78 Å². The van der Waals surface area contributed by atoms with Gasteiger partial charge in [0, 0.05) is 44.0 Å². The Morgan fingerprint density at radius 1 is 1.22 bits per heavy atom. The van der Waals surface area contributed by atoms with Crippen LogP contribution in [0.3, 0.4) is 0 Å². The molecule has 0 saturated carbocycles. The van der Waals surface area contributed by atoms with Crippen LogP contribution in [0.2, 0.25) is 5.15 Å². The number of nitrogen functional groups attached to an aromatic ring is 1. The van der Waals surface area contributed by atoms with Crippen LogP contribution in [0.25, 0.3) is 0 Å². The van der Waals surface area contributed by atoms with Crippen LogP contribution in [0.1, 0.15) is 43.4 Å². The summed E-state index contributed by atoms with van der Waals surface area (Å²) in [4.78, 5) is 19.8. The Labute approximate surface area is 218 Å². The second-order valence-corrected chi connectivity index (χ2v) is 10.4. The summed E-state index contributed by atoms with van der Waals surface area (Å²) in [5.41, 5.74) is 5.88. The van der Waals surface area contributed by atoms with E-state index in [2.05, 4.69) is 4.98 Å². The molecule has 37 heavy (non-hydrogen) atoms. The number of anilines is 2. The third kappa shape index (κ3) is 6.32. The summed E-state index contributed by atoms with van der Waals surface area (Å²) in [6.07, 6.45) is -3.67. The number of likely N-dealkylation sites (tertiary alicyclic amines) is 1. The van der Waals surface area contributed by atoms with Gasteiger partial charge in [0.2, 0.25) is 0 Å². The van der Waals surface area contributed by atoms with Gasteiger partial charge in [0.05, 0.1) is 30.0 Å². The van der Waals surface area contributed by atoms with Crippen LogP contribution in [0.4, 0.5) is 29.3 Å². The van der Waals surface area contributed by atoms with E-state index < -0.39 is 29.2 Å². The maximum atomic E-state index is 14.1. The first-order valence-corrected chi connectivity index (χ1v) is 12.3. The quantitative estimate of drug-likeness (QED) is 0.416. The topological polar surface area (TPSA) is 90.2 Å². The molecule has 2 aromatic rings. The first kappa shape index (κ1) is 27.1. The Morgan fingerprint density at radius 2 is 1.89 bits per heavy atom. The molecule has 1 amide bonds. The third-order valence-electron chi connectivity index (χ3n) is 6.14. The molecule has 2 fully saturated rings. The lowest BCUT2D eigenvalue weighted by molar-refractivity contribution is -0.139. The number of halogens is 4. The zero-order valence-electron chi connectivity index (χ0n) is 20.9. The van der Waals surface area contributed by atoms with Crippen LogP contribution in [-0.2, 0) is 22.3 Å². The maximum Gasteiger partial charge on any atom is 0.420 e. The van der Waals surface area contributed by atoms with Crippen LogP contribution < -0.4 is 15.4 Å². The molecule has 0 radical (unpaired) electrons. The molecule has 1 aromatic carbocycles. The first-order chi connectivity index (χ1) is 17.3. The highest BCUT2D eigenvalue weighted by Gasteiger charge is 2.40. The van der Waals surface area contributed by atoms with Crippen molar-refractivity contribution in [2.75, 3.05) is 50.0 Å². The molecule has 2 aliphatic rings. The van der Waals surface area contributed by atoms with Gasteiger partial charge in [-0.1, -0.05) is 11.6 Å². The van der Waals surface area contributed by atoms with Gasteiger partial charge in [-0.05, 0) is 44.5 Å². The van der Waals surface area contributed by atoms with E-state index in [0.29, 0.717) is 37.4 Å². The highest BCUT2D eigenvalue weighted by Crippen LogP contribution is 2.43. The minimum atomic E-state index is -4.71. The fraction of sp³-hybridized carbons (Fsp3) is 0.520. The average molecular weight is 543 g/mol. The van der Waals surface area contributed by atoms with Crippen LogP contribution >= 0.6 is 11.6 Å². The largest absolute Gasteiger partial charge is 0.486 e. The molecule has 12 heteroatoms. The second-order valence-electron chi connectivity index (χ2n) is 10.1. The van der Waals surface area contributed by atoms with Crippen molar-refractivity contribution in [1.29, 1.82) is 0 Å². The summed E-state index contributed by atoms with van der Waals surface area (Å²) in [5.74, 6) is -0.766. The Balaban J connectivity index is 1.54. The van der Waals surface area contributed by atoms with Crippen molar-refractivity contribution >= 4 is 29.1 Å². The number of amides is 1. The number of alkyl halides is 3. The van der Waals surface area contributed by atoms with Gasteiger partial charge in [0.1, 0.15) is 17.4 Å². The fourth-order valence-corrected chi connectivity index (χ4v) is 4.49. The van der Waals surface area contributed by atoms with Gasteiger partial charge in [0.15, 0.2) is 5.75 Å². The molecule has 1 aromatic heterocycles. The Hall–Kier alpha value is -2.92. The van der Waals surface area contributed by atoms with Gasteiger partial charge < -0.3 is 29.7 Å². The zero-order chi connectivity index (χ0) is 27.0. The number of carbonyl (C=O) groups excluding carboxylic acids is 1. The Morgan fingerprint density at radius 3 is 2.51 bits per heavy atom. The number of benzene rings is 1. The minimum absolute atomic E-state index is 0.143. The molecular weight excluding hydrogens is 513 g/mol. The van der Waals surface area contributed by atoms with E-state index in [0.717, 1.165) is 11.8 Å². The lowest BCUT2D eigenvalue weighted by Crippen LogP contribution is -2.50. The smallest absolute Gasteiger partial charge is 0.420 e. The number of ether oxygens (including phenoxy) is 3. The molecule has 0 unspecified atom stereocenters. The van der Waals surface area contributed by atoms with Gasteiger partial charge in [-0.2, -0.15) is 13.2 Å². The van der Waals surface area contributed by atoms with E-state index >= 15 is 0 Å². The van der Waals surface area contributed by atoms with E-state index in [9.17, 15) is 18.0 Å². The van der Waals surface area contributed by atoms with E-state index in [-0.39, 0.29) is 36.5 Å². The number of hydrogen-bond donors (Lipinski definition) is 1. The van der Waals surface area contributed by atoms with Crippen molar-refractivity contribution in [2.45, 2.75) is 45.1 Å². The van der Waals surface area contributed by atoms with Gasteiger partial charge in [-0.3, -0.25) is 0 Å². The summed E-state index contributed by atoms with van der Waals surface area (Å²) in [5, 5.41) is 0.143. The second kappa shape index (κ2) is 10.4. The highest BCUT2D eigenvalue weighted by atomic mass is 35.5. The standard InChI is InChI=1S/C25H30ClF3N4O4/c1-24(2,3)37-23(34)33-12-16(13-33)15-10-18(25(27,28)29)21(19(30)11-15)36-14-17-20(4-5-31-22(17)26)32-6-8-35-9-7-32/h4-5,10-11,16H,6-9,12-14,30H2,1-3H3. The maximum absolute atomic E-state index is 14.1. The Kier molecular flexibility index (Phi) is 7.66. The lowest BCUT2D eigenvalue weighted by Gasteiger charge is -2.40. The summed E-state index contributed by atoms with van der Waals surface area (Å²) in [7, 11) is 0. The van der Waals surface area contributed by atoms with E-state index in [1.807, 2.05) is 4.90 Å². The van der Waals surface area contributed by atoms with E-state index in [4.69, 9.17) is 31.5 Å². The number of morpholine rings is 1. The normalized spacial score (nSPS) is 16.9. The molecule has 0 spiro atoms. The molecule has 0 atom stereocenters. The summed E-state index contributed by atoms with van der Waals surface area (Å²) < 4.78 is 58.6. The van der Waals surface area contributed by atoms with Crippen molar-refractivity contribution in [3.05, 3.63) is 46.2 Å². The van der Waals surface area contributed by atoms with Crippen LogP contribution in [-0.4, -0.2) is 61.0 Å².